The van der Waals surface area contributed by atoms with Crippen molar-refractivity contribution in [3.05, 3.63) is 18.0 Å². The fraction of sp³-hybridized carbons (Fsp3) is 0.688. The minimum Gasteiger partial charge on any atom is -0.444 e. The number of nitrogens with zero attached hydrogens (tertiary/aromatic N) is 3. The quantitative estimate of drug-likeness (QED) is 0.840. The molecular weight excluding hydrogens is 360 g/mol. The van der Waals surface area contributed by atoms with Crippen LogP contribution >= 0.6 is 0 Å². The first-order valence-corrected chi connectivity index (χ1v) is 10.0. The van der Waals surface area contributed by atoms with E-state index in [1.165, 1.54) is 11.0 Å². The maximum absolute atomic E-state index is 12.5. The highest BCUT2D eigenvalue weighted by molar-refractivity contribution is 7.90. The summed E-state index contributed by atoms with van der Waals surface area (Å²) in [7, 11) is -3.93. The van der Waals surface area contributed by atoms with Crippen LogP contribution in [0, 0.1) is 0 Å². The van der Waals surface area contributed by atoms with Gasteiger partial charge in [-0.3, -0.25) is 9.48 Å². The van der Waals surface area contributed by atoms with Crippen LogP contribution in [0.25, 0.3) is 0 Å². The van der Waals surface area contributed by atoms with E-state index in [1.807, 2.05) is 13.8 Å². The molecule has 0 bridgehead atoms. The van der Waals surface area contributed by atoms with E-state index in [-0.39, 0.29) is 31.2 Å². The van der Waals surface area contributed by atoms with Crippen molar-refractivity contribution in [2.45, 2.75) is 57.9 Å². The van der Waals surface area contributed by atoms with E-state index in [2.05, 4.69) is 9.82 Å². The largest absolute Gasteiger partial charge is 0.444 e. The predicted molar refractivity (Wildman–Crippen MR) is 95.2 cm³/mol. The summed E-state index contributed by atoms with van der Waals surface area (Å²) in [4.78, 5) is 25.6. The van der Waals surface area contributed by atoms with Gasteiger partial charge in [0.1, 0.15) is 5.60 Å². The van der Waals surface area contributed by atoms with Crippen LogP contribution in [0.1, 0.15) is 57.6 Å². The Morgan fingerprint density at radius 2 is 2.00 bits per heavy atom. The third-order valence-corrected chi connectivity index (χ3v) is 5.57. The molecule has 0 unspecified atom stereocenters. The van der Waals surface area contributed by atoms with Gasteiger partial charge in [0.2, 0.25) is 10.0 Å². The summed E-state index contributed by atoms with van der Waals surface area (Å²) < 4.78 is 33.8. The van der Waals surface area contributed by atoms with Gasteiger partial charge >= 0.3 is 6.09 Å². The first-order chi connectivity index (χ1) is 11.9. The van der Waals surface area contributed by atoms with Crippen LogP contribution in [-0.4, -0.2) is 59.0 Å². The first-order valence-electron chi connectivity index (χ1n) is 8.48. The Morgan fingerprint density at radius 1 is 1.35 bits per heavy atom. The Bertz CT molecular complexity index is 779. The van der Waals surface area contributed by atoms with Crippen molar-refractivity contribution in [3.63, 3.8) is 0 Å². The summed E-state index contributed by atoms with van der Waals surface area (Å²) in [5.41, 5.74) is -0.624. The molecule has 0 aromatic carbocycles. The molecule has 1 aliphatic rings. The minimum absolute atomic E-state index is 0.0159. The Kier molecular flexibility index (Phi) is 5.64. The standard InChI is InChI=1S/C16H26N4O5S/c1-11(2)20-9-7-13(17-20)14(21)18-26(23,24)12-6-8-19(10-12)15(22)25-16(3,4)5/h7,9,11-12H,6,8,10H2,1-5H3,(H,18,21)/t12-/m0/s1. The molecular formula is C16H26N4O5S. The number of hydrogen-bond donors (Lipinski definition) is 1. The zero-order valence-electron chi connectivity index (χ0n) is 15.7. The van der Waals surface area contributed by atoms with E-state index in [4.69, 9.17) is 4.74 Å². The van der Waals surface area contributed by atoms with Crippen LogP contribution in [0.3, 0.4) is 0 Å². The molecule has 1 fully saturated rings. The van der Waals surface area contributed by atoms with E-state index in [9.17, 15) is 18.0 Å². The maximum Gasteiger partial charge on any atom is 0.410 e. The fourth-order valence-corrected chi connectivity index (χ4v) is 3.81. The molecule has 146 valence electrons. The molecule has 1 aromatic heterocycles. The lowest BCUT2D eigenvalue weighted by molar-refractivity contribution is 0.0295. The van der Waals surface area contributed by atoms with Crippen molar-refractivity contribution in [2.75, 3.05) is 13.1 Å². The molecule has 2 rings (SSSR count). The van der Waals surface area contributed by atoms with Gasteiger partial charge in [0.05, 0.1) is 5.25 Å². The summed E-state index contributed by atoms with van der Waals surface area (Å²) >= 11 is 0. The van der Waals surface area contributed by atoms with Gasteiger partial charge in [-0.25, -0.2) is 17.9 Å². The number of ether oxygens (including phenoxy) is 1. The summed E-state index contributed by atoms with van der Waals surface area (Å²) in [5, 5.41) is 3.19. The van der Waals surface area contributed by atoms with Crippen molar-refractivity contribution >= 4 is 22.0 Å². The lowest BCUT2D eigenvalue weighted by atomic mass is 10.2. The molecule has 0 spiro atoms. The van der Waals surface area contributed by atoms with Crippen molar-refractivity contribution in [2.24, 2.45) is 0 Å². The topological polar surface area (TPSA) is 111 Å². The monoisotopic (exact) mass is 386 g/mol. The molecule has 0 saturated carbocycles. The summed E-state index contributed by atoms with van der Waals surface area (Å²) in [6.07, 6.45) is 1.30. The van der Waals surface area contributed by atoms with Crippen LogP contribution in [0.15, 0.2) is 12.3 Å². The number of amides is 2. The smallest absolute Gasteiger partial charge is 0.410 e. The van der Waals surface area contributed by atoms with Gasteiger partial charge in [-0.15, -0.1) is 0 Å². The number of hydrogen-bond acceptors (Lipinski definition) is 6. The van der Waals surface area contributed by atoms with Gasteiger partial charge < -0.3 is 9.64 Å². The van der Waals surface area contributed by atoms with Gasteiger partial charge in [-0.1, -0.05) is 0 Å². The summed E-state index contributed by atoms with van der Waals surface area (Å²) in [5.74, 6) is -0.778. The molecule has 26 heavy (non-hydrogen) atoms. The van der Waals surface area contributed by atoms with Gasteiger partial charge in [0.15, 0.2) is 5.69 Å². The average molecular weight is 386 g/mol. The molecule has 1 atom stereocenters. The number of sulfonamides is 1. The van der Waals surface area contributed by atoms with Crippen molar-refractivity contribution in [1.82, 2.24) is 19.4 Å². The van der Waals surface area contributed by atoms with Crippen molar-refractivity contribution in [1.29, 1.82) is 0 Å². The Balaban J connectivity index is 1.99. The molecule has 2 heterocycles. The van der Waals surface area contributed by atoms with Crippen LogP contribution < -0.4 is 4.72 Å². The van der Waals surface area contributed by atoms with Crippen molar-refractivity contribution in [3.8, 4) is 0 Å². The van der Waals surface area contributed by atoms with E-state index >= 15 is 0 Å². The molecule has 1 N–H and O–H groups in total. The molecule has 1 saturated heterocycles. The first kappa shape index (κ1) is 20.2. The second-order valence-corrected chi connectivity index (χ2v) is 9.55. The summed E-state index contributed by atoms with van der Waals surface area (Å²) in [6, 6.07) is 1.53. The lowest BCUT2D eigenvalue weighted by Gasteiger charge is -2.24. The predicted octanol–water partition coefficient (Wildman–Crippen LogP) is 1.53. The summed E-state index contributed by atoms with van der Waals surface area (Å²) in [6.45, 7) is 9.27. The van der Waals surface area contributed by atoms with Crippen LogP contribution in [-0.2, 0) is 14.8 Å². The van der Waals surface area contributed by atoms with Gasteiger partial charge in [-0.05, 0) is 47.1 Å². The molecule has 9 nitrogen and oxygen atoms in total. The van der Waals surface area contributed by atoms with Crippen LogP contribution in [0.2, 0.25) is 0 Å². The minimum atomic E-state index is -3.93. The highest BCUT2D eigenvalue weighted by Gasteiger charge is 2.38. The highest BCUT2D eigenvalue weighted by atomic mass is 32.2. The molecule has 1 aliphatic heterocycles. The number of rotatable bonds is 4. The highest BCUT2D eigenvalue weighted by Crippen LogP contribution is 2.19. The van der Waals surface area contributed by atoms with Crippen LogP contribution in [0.5, 0.6) is 0 Å². The lowest BCUT2D eigenvalue weighted by Crippen LogP contribution is -2.41. The van der Waals surface area contributed by atoms with E-state index in [1.54, 1.807) is 31.6 Å². The van der Waals surface area contributed by atoms with Crippen LogP contribution in [0.4, 0.5) is 4.79 Å². The van der Waals surface area contributed by atoms with Gasteiger partial charge in [0, 0.05) is 25.3 Å². The van der Waals surface area contributed by atoms with Crippen molar-refractivity contribution < 1.29 is 22.7 Å². The molecule has 1 aromatic rings. The maximum atomic E-state index is 12.5. The van der Waals surface area contributed by atoms with Gasteiger partial charge in [-0.2, -0.15) is 5.10 Å². The Morgan fingerprint density at radius 3 is 2.54 bits per heavy atom. The Labute approximate surface area is 153 Å². The third-order valence-electron chi connectivity index (χ3n) is 3.84. The molecule has 0 radical (unpaired) electrons. The molecule has 10 heteroatoms. The third kappa shape index (κ3) is 4.96. The normalized spacial score (nSPS) is 18.2. The number of likely N-dealkylation sites (tertiary alicyclic amines) is 1. The van der Waals surface area contributed by atoms with E-state index in [0.29, 0.717) is 0 Å². The average Bonchev–Trinajstić information content (AvgIpc) is 3.15. The second-order valence-electron chi connectivity index (χ2n) is 7.59. The SMILES string of the molecule is CC(C)n1ccc(C(=O)NS(=O)(=O)[C@H]2CCN(C(=O)OC(C)(C)C)C2)n1. The molecule has 0 aliphatic carbocycles. The number of nitrogens with one attached hydrogen (secondary N) is 1. The zero-order chi connectivity index (χ0) is 19.7. The number of carbonyl (C=O) groups is 2. The molecule has 2 amide bonds. The number of carbonyl (C=O) groups excluding carboxylic acids is 2. The second kappa shape index (κ2) is 7.26. The van der Waals surface area contributed by atoms with Gasteiger partial charge in [0.25, 0.3) is 5.91 Å². The fourth-order valence-electron chi connectivity index (χ4n) is 2.49. The zero-order valence-corrected chi connectivity index (χ0v) is 16.5. The van der Waals surface area contributed by atoms with E-state index in [0.717, 1.165) is 0 Å². The number of aromatic nitrogens is 2. The van der Waals surface area contributed by atoms with E-state index < -0.39 is 32.9 Å². The Hall–Kier alpha value is -2.10.